The number of nitrogens with zero attached hydrogens (tertiary/aromatic N) is 7. The van der Waals surface area contributed by atoms with Gasteiger partial charge < -0.3 is 9.64 Å². The Kier molecular flexibility index (Phi) is 3.72. The van der Waals surface area contributed by atoms with Gasteiger partial charge in [0.1, 0.15) is 18.2 Å². The van der Waals surface area contributed by atoms with Crippen LogP contribution in [-0.2, 0) is 7.05 Å². The van der Waals surface area contributed by atoms with Crippen LogP contribution in [0, 0.1) is 6.92 Å². The van der Waals surface area contributed by atoms with E-state index in [-0.39, 0.29) is 6.10 Å². The summed E-state index contributed by atoms with van der Waals surface area (Å²) in [5, 5.41) is 5.27. The normalized spacial score (nSPS) is 15.8. The Bertz CT molecular complexity index is 855. The molecule has 124 valence electrons. The first-order valence-electron chi connectivity index (χ1n) is 8.03. The van der Waals surface area contributed by atoms with Crippen LogP contribution in [0.5, 0.6) is 5.88 Å². The first-order valence-corrected chi connectivity index (χ1v) is 8.03. The van der Waals surface area contributed by atoms with E-state index in [0.717, 1.165) is 48.5 Å². The van der Waals surface area contributed by atoms with Crippen molar-refractivity contribution in [2.45, 2.75) is 25.9 Å². The van der Waals surface area contributed by atoms with Crippen molar-refractivity contribution in [2.24, 2.45) is 7.05 Å². The van der Waals surface area contributed by atoms with Crippen LogP contribution >= 0.6 is 0 Å². The number of hydrogen-bond donors (Lipinski definition) is 0. The van der Waals surface area contributed by atoms with Gasteiger partial charge in [-0.05, 0) is 6.92 Å². The highest BCUT2D eigenvalue weighted by Crippen LogP contribution is 2.26. The van der Waals surface area contributed by atoms with Gasteiger partial charge in [-0.1, -0.05) is 0 Å². The largest absolute Gasteiger partial charge is 0.473 e. The van der Waals surface area contributed by atoms with Gasteiger partial charge in [0.15, 0.2) is 5.65 Å². The van der Waals surface area contributed by atoms with Crippen LogP contribution in [0.2, 0.25) is 0 Å². The third-order valence-corrected chi connectivity index (χ3v) is 4.27. The summed E-state index contributed by atoms with van der Waals surface area (Å²) in [7, 11) is 1.89. The zero-order valence-corrected chi connectivity index (χ0v) is 13.8. The summed E-state index contributed by atoms with van der Waals surface area (Å²) in [5.74, 6) is 1.55. The fourth-order valence-electron chi connectivity index (χ4n) is 3.06. The molecule has 4 heterocycles. The van der Waals surface area contributed by atoms with Gasteiger partial charge in [0, 0.05) is 39.2 Å². The van der Waals surface area contributed by atoms with Crippen molar-refractivity contribution in [3.8, 4) is 5.88 Å². The summed E-state index contributed by atoms with van der Waals surface area (Å²) < 4.78 is 7.73. The second kappa shape index (κ2) is 6.03. The summed E-state index contributed by atoms with van der Waals surface area (Å²) in [6.07, 6.45) is 8.82. The molecule has 24 heavy (non-hydrogen) atoms. The Labute approximate surface area is 139 Å². The highest BCUT2D eigenvalue weighted by Gasteiger charge is 2.24. The predicted octanol–water partition coefficient (Wildman–Crippen LogP) is 1.51. The van der Waals surface area contributed by atoms with Crippen LogP contribution in [0.4, 0.5) is 5.82 Å². The van der Waals surface area contributed by atoms with E-state index in [1.807, 2.05) is 20.2 Å². The molecule has 8 heteroatoms. The molecule has 0 aromatic carbocycles. The Hall–Kier alpha value is -2.77. The Balaban J connectivity index is 1.46. The molecule has 0 N–H and O–H groups in total. The van der Waals surface area contributed by atoms with E-state index in [1.165, 1.54) is 0 Å². The molecule has 0 aliphatic carbocycles. The Morgan fingerprint density at radius 2 is 1.96 bits per heavy atom. The van der Waals surface area contributed by atoms with Crippen molar-refractivity contribution in [2.75, 3.05) is 18.0 Å². The van der Waals surface area contributed by atoms with E-state index in [0.29, 0.717) is 5.88 Å². The van der Waals surface area contributed by atoms with Crippen molar-refractivity contribution >= 4 is 16.9 Å². The maximum atomic E-state index is 5.96. The van der Waals surface area contributed by atoms with Crippen LogP contribution in [0.15, 0.2) is 24.9 Å². The third-order valence-electron chi connectivity index (χ3n) is 4.27. The number of fused-ring (bicyclic) bond motifs is 1. The van der Waals surface area contributed by atoms with Crippen LogP contribution in [-0.4, -0.2) is 48.9 Å². The quantitative estimate of drug-likeness (QED) is 0.722. The zero-order chi connectivity index (χ0) is 16.5. The molecule has 1 aliphatic rings. The number of ether oxygens (including phenoxy) is 1. The number of piperidine rings is 1. The molecule has 4 rings (SSSR count). The third kappa shape index (κ3) is 2.75. The van der Waals surface area contributed by atoms with Gasteiger partial charge in [-0.3, -0.25) is 9.67 Å². The van der Waals surface area contributed by atoms with Crippen molar-refractivity contribution in [1.29, 1.82) is 0 Å². The van der Waals surface area contributed by atoms with Crippen LogP contribution in [0.3, 0.4) is 0 Å². The molecule has 0 unspecified atom stereocenters. The first kappa shape index (κ1) is 14.8. The number of anilines is 1. The lowest BCUT2D eigenvalue weighted by molar-refractivity contribution is 0.163. The number of aryl methyl sites for hydroxylation is 2. The molecular formula is C16H19N7O. The van der Waals surface area contributed by atoms with Crippen molar-refractivity contribution < 1.29 is 4.74 Å². The van der Waals surface area contributed by atoms with E-state index in [4.69, 9.17) is 4.74 Å². The molecule has 1 saturated heterocycles. The minimum atomic E-state index is 0.156. The van der Waals surface area contributed by atoms with Gasteiger partial charge in [0.25, 0.3) is 0 Å². The van der Waals surface area contributed by atoms with Gasteiger partial charge in [-0.2, -0.15) is 5.10 Å². The summed E-state index contributed by atoms with van der Waals surface area (Å²) in [4.78, 5) is 19.5. The molecule has 0 spiro atoms. The highest BCUT2D eigenvalue weighted by atomic mass is 16.5. The monoisotopic (exact) mass is 325 g/mol. The highest BCUT2D eigenvalue weighted by molar-refractivity contribution is 5.86. The number of hydrogen-bond acceptors (Lipinski definition) is 7. The van der Waals surface area contributed by atoms with Gasteiger partial charge in [-0.25, -0.2) is 15.0 Å². The second-order valence-corrected chi connectivity index (χ2v) is 6.01. The summed E-state index contributed by atoms with van der Waals surface area (Å²) >= 11 is 0. The van der Waals surface area contributed by atoms with Gasteiger partial charge in [-0.15, -0.1) is 0 Å². The van der Waals surface area contributed by atoms with E-state index in [9.17, 15) is 0 Å². The zero-order valence-electron chi connectivity index (χ0n) is 13.8. The second-order valence-electron chi connectivity index (χ2n) is 6.01. The minimum absolute atomic E-state index is 0.156. The van der Waals surface area contributed by atoms with Gasteiger partial charge in [0.2, 0.25) is 5.88 Å². The SMILES string of the molecule is Cc1cncc(OC2CCN(c3ncnc4c3cnn4C)CC2)n1. The van der Waals surface area contributed by atoms with E-state index in [1.54, 1.807) is 23.4 Å². The molecule has 1 fully saturated rings. The van der Waals surface area contributed by atoms with E-state index < -0.39 is 0 Å². The van der Waals surface area contributed by atoms with E-state index in [2.05, 4.69) is 29.9 Å². The first-order chi connectivity index (χ1) is 11.7. The summed E-state index contributed by atoms with van der Waals surface area (Å²) in [5.41, 5.74) is 1.72. The summed E-state index contributed by atoms with van der Waals surface area (Å²) in [6.45, 7) is 3.67. The molecular weight excluding hydrogens is 306 g/mol. The smallest absolute Gasteiger partial charge is 0.232 e. The number of aromatic nitrogens is 6. The van der Waals surface area contributed by atoms with Crippen molar-refractivity contribution in [3.63, 3.8) is 0 Å². The maximum Gasteiger partial charge on any atom is 0.232 e. The topological polar surface area (TPSA) is 81.9 Å². The van der Waals surface area contributed by atoms with Gasteiger partial charge in [0.05, 0.1) is 23.5 Å². The fraction of sp³-hybridized carbons (Fsp3) is 0.438. The Morgan fingerprint density at radius 3 is 2.75 bits per heavy atom. The lowest BCUT2D eigenvalue weighted by Crippen LogP contribution is -2.39. The lowest BCUT2D eigenvalue weighted by atomic mass is 10.1. The summed E-state index contributed by atoms with van der Waals surface area (Å²) in [6, 6.07) is 0. The van der Waals surface area contributed by atoms with Crippen molar-refractivity contribution in [1.82, 2.24) is 29.7 Å². The fourth-order valence-corrected chi connectivity index (χ4v) is 3.06. The van der Waals surface area contributed by atoms with E-state index >= 15 is 0 Å². The van der Waals surface area contributed by atoms with Gasteiger partial charge >= 0.3 is 0 Å². The van der Waals surface area contributed by atoms with Crippen LogP contribution < -0.4 is 9.64 Å². The Morgan fingerprint density at radius 1 is 1.12 bits per heavy atom. The minimum Gasteiger partial charge on any atom is -0.473 e. The molecule has 8 nitrogen and oxygen atoms in total. The van der Waals surface area contributed by atoms with Crippen LogP contribution in [0.25, 0.3) is 11.0 Å². The molecule has 0 amide bonds. The lowest BCUT2D eigenvalue weighted by Gasteiger charge is -2.32. The molecule has 3 aromatic heterocycles. The average molecular weight is 325 g/mol. The van der Waals surface area contributed by atoms with Crippen molar-refractivity contribution in [3.05, 3.63) is 30.6 Å². The molecule has 0 radical (unpaired) electrons. The number of rotatable bonds is 3. The van der Waals surface area contributed by atoms with Crippen LogP contribution in [0.1, 0.15) is 18.5 Å². The standard InChI is InChI=1S/C16H19N7O/c1-11-7-17-9-14(21-11)24-12-3-5-23(6-4-12)16-13-8-20-22(2)15(13)18-10-19-16/h7-10,12H,3-6H2,1-2H3. The molecule has 3 aromatic rings. The molecule has 0 bridgehead atoms. The predicted molar refractivity (Wildman–Crippen MR) is 88.9 cm³/mol. The maximum absolute atomic E-state index is 5.96. The average Bonchev–Trinajstić information content (AvgIpc) is 2.97. The molecule has 0 saturated carbocycles. The molecule has 1 aliphatic heterocycles. The molecule has 0 atom stereocenters.